The molecular weight excluding hydrogens is 346 g/mol. The van der Waals surface area contributed by atoms with E-state index in [1.54, 1.807) is 25.1 Å². The van der Waals surface area contributed by atoms with Crippen LogP contribution in [0.2, 0.25) is 5.02 Å². The van der Waals surface area contributed by atoms with Crippen molar-refractivity contribution in [2.24, 2.45) is 11.8 Å². The second-order valence-corrected chi connectivity index (χ2v) is 6.71. The molecule has 0 bridgehead atoms. The number of benzene rings is 1. The van der Waals surface area contributed by atoms with E-state index >= 15 is 0 Å². The Morgan fingerprint density at radius 3 is 2.64 bits per heavy atom. The number of anilines is 2. The zero-order chi connectivity index (χ0) is 18.6. The van der Waals surface area contributed by atoms with E-state index in [4.69, 9.17) is 11.6 Å². The number of aliphatic carboxylic acids is 1. The summed E-state index contributed by atoms with van der Waals surface area (Å²) in [6.07, 6.45) is 0.894. The van der Waals surface area contributed by atoms with Crippen LogP contribution in [0.15, 0.2) is 18.2 Å². The number of carboxylic acid groups (broad SMARTS) is 1. The first-order valence-corrected chi connectivity index (χ1v) is 8.56. The number of carboxylic acids is 1. The van der Waals surface area contributed by atoms with Gasteiger partial charge < -0.3 is 20.6 Å². The number of nitrogens with one attached hydrogen (secondary N) is 2. The quantitative estimate of drug-likeness (QED) is 0.760. The van der Waals surface area contributed by atoms with Gasteiger partial charge in [0.1, 0.15) is 0 Å². The monoisotopic (exact) mass is 367 g/mol. The van der Waals surface area contributed by atoms with Crippen molar-refractivity contribution in [1.29, 1.82) is 0 Å². The molecule has 1 fully saturated rings. The minimum Gasteiger partial charge on any atom is -0.481 e. The van der Waals surface area contributed by atoms with Gasteiger partial charge in [-0.1, -0.05) is 25.4 Å². The summed E-state index contributed by atoms with van der Waals surface area (Å²) in [6, 6.07) is 4.41. The predicted molar refractivity (Wildman–Crippen MR) is 95.9 cm³/mol. The van der Waals surface area contributed by atoms with E-state index in [-0.39, 0.29) is 18.4 Å². The third-order valence-electron chi connectivity index (χ3n) is 4.11. The Morgan fingerprint density at radius 2 is 2.00 bits per heavy atom. The number of hydrogen-bond donors (Lipinski definition) is 3. The van der Waals surface area contributed by atoms with Gasteiger partial charge in [-0.25, -0.2) is 4.79 Å². The Morgan fingerprint density at radius 1 is 1.28 bits per heavy atom. The summed E-state index contributed by atoms with van der Waals surface area (Å²) < 4.78 is 0. The topological polar surface area (TPSA) is 98.7 Å². The number of urea groups is 1. The van der Waals surface area contributed by atoms with Crippen LogP contribution in [0.25, 0.3) is 0 Å². The number of likely N-dealkylation sites (tertiary alicyclic amines) is 1. The highest BCUT2D eigenvalue weighted by molar-refractivity contribution is 6.33. The molecule has 3 amide bonds. The summed E-state index contributed by atoms with van der Waals surface area (Å²) >= 11 is 6.12. The molecule has 8 heteroatoms. The van der Waals surface area contributed by atoms with Crippen LogP contribution in [0.4, 0.5) is 16.2 Å². The number of nitrogens with zero attached hydrogens (tertiary/aromatic N) is 1. The van der Waals surface area contributed by atoms with E-state index in [1.807, 2.05) is 6.92 Å². The summed E-state index contributed by atoms with van der Waals surface area (Å²) in [6.45, 7) is 4.31. The van der Waals surface area contributed by atoms with Gasteiger partial charge in [0, 0.05) is 25.2 Å². The molecule has 1 aliphatic rings. The smallest absolute Gasteiger partial charge is 0.321 e. The van der Waals surface area contributed by atoms with Crippen LogP contribution in [0.3, 0.4) is 0 Å². The van der Waals surface area contributed by atoms with Gasteiger partial charge >= 0.3 is 12.0 Å². The molecule has 1 aromatic rings. The lowest BCUT2D eigenvalue weighted by atomic mass is 9.91. The molecule has 2 unspecified atom stereocenters. The van der Waals surface area contributed by atoms with Gasteiger partial charge in [0.2, 0.25) is 5.91 Å². The molecule has 1 saturated heterocycles. The zero-order valence-electron chi connectivity index (χ0n) is 14.2. The van der Waals surface area contributed by atoms with Crippen molar-refractivity contribution in [3.63, 3.8) is 0 Å². The maximum Gasteiger partial charge on any atom is 0.321 e. The Labute approximate surface area is 151 Å². The summed E-state index contributed by atoms with van der Waals surface area (Å²) in [5.74, 6) is -1.51. The third-order valence-corrected chi connectivity index (χ3v) is 4.44. The molecule has 0 saturated carbocycles. The van der Waals surface area contributed by atoms with E-state index in [1.165, 1.54) is 4.90 Å². The van der Waals surface area contributed by atoms with Crippen molar-refractivity contribution < 1.29 is 19.5 Å². The van der Waals surface area contributed by atoms with Gasteiger partial charge in [0.05, 0.1) is 16.6 Å². The van der Waals surface area contributed by atoms with Crippen LogP contribution in [0.1, 0.15) is 26.7 Å². The normalized spacial score (nSPS) is 20.0. The van der Waals surface area contributed by atoms with Crippen molar-refractivity contribution >= 4 is 40.9 Å². The fourth-order valence-corrected chi connectivity index (χ4v) is 3.00. The molecule has 0 radical (unpaired) electrons. The lowest BCUT2D eigenvalue weighted by molar-refractivity contribution is -0.143. The molecule has 1 heterocycles. The molecule has 3 N–H and O–H groups in total. The molecule has 7 nitrogen and oxygen atoms in total. The maximum atomic E-state index is 12.5. The van der Waals surface area contributed by atoms with Crippen LogP contribution in [-0.4, -0.2) is 41.0 Å². The van der Waals surface area contributed by atoms with Gasteiger partial charge in [-0.15, -0.1) is 0 Å². The summed E-state index contributed by atoms with van der Waals surface area (Å²) in [7, 11) is 0. The first-order valence-electron chi connectivity index (χ1n) is 8.18. The second kappa shape index (κ2) is 8.20. The third kappa shape index (κ3) is 5.09. The number of halogens is 1. The molecule has 2 rings (SSSR count). The van der Waals surface area contributed by atoms with Crippen LogP contribution in [-0.2, 0) is 9.59 Å². The van der Waals surface area contributed by atoms with E-state index in [0.29, 0.717) is 35.8 Å². The molecule has 2 atom stereocenters. The van der Waals surface area contributed by atoms with E-state index in [2.05, 4.69) is 10.6 Å². The van der Waals surface area contributed by atoms with Crippen LogP contribution >= 0.6 is 11.6 Å². The van der Waals surface area contributed by atoms with Gasteiger partial charge in [-0.3, -0.25) is 9.59 Å². The molecule has 0 spiro atoms. The predicted octanol–water partition coefficient (Wildman–Crippen LogP) is 3.26. The van der Waals surface area contributed by atoms with Gasteiger partial charge in [0.15, 0.2) is 0 Å². The lowest BCUT2D eigenvalue weighted by Gasteiger charge is -2.34. The Bertz CT molecular complexity index is 680. The lowest BCUT2D eigenvalue weighted by Crippen LogP contribution is -2.47. The zero-order valence-corrected chi connectivity index (χ0v) is 15.0. The molecular formula is C17H22ClN3O4. The fraction of sp³-hybridized carbons (Fsp3) is 0.471. The number of rotatable bonds is 4. The number of carbonyl (C=O) groups excluding carboxylic acids is 2. The van der Waals surface area contributed by atoms with E-state index < -0.39 is 17.9 Å². The number of carbonyl (C=O) groups is 3. The fourth-order valence-electron chi connectivity index (χ4n) is 2.84. The average Bonchev–Trinajstić information content (AvgIpc) is 2.57. The highest BCUT2D eigenvalue weighted by Gasteiger charge is 2.32. The summed E-state index contributed by atoms with van der Waals surface area (Å²) in [5, 5.41) is 15.0. The molecule has 136 valence electrons. The summed E-state index contributed by atoms with van der Waals surface area (Å²) in [5.41, 5.74) is 0.896. The molecule has 1 aromatic carbocycles. The van der Waals surface area contributed by atoms with E-state index in [0.717, 1.165) is 0 Å². The first kappa shape index (κ1) is 19.1. The van der Waals surface area contributed by atoms with Crippen molar-refractivity contribution in [2.75, 3.05) is 23.7 Å². The van der Waals surface area contributed by atoms with Crippen molar-refractivity contribution in [2.45, 2.75) is 26.7 Å². The van der Waals surface area contributed by atoms with Crippen LogP contribution < -0.4 is 10.6 Å². The second-order valence-electron chi connectivity index (χ2n) is 6.31. The van der Waals surface area contributed by atoms with Crippen molar-refractivity contribution in [1.82, 2.24) is 4.90 Å². The summed E-state index contributed by atoms with van der Waals surface area (Å²) in [4.78, 5) is 36.7. The van der Waals surface area contributed by atoms with Crippen molar-refractivity contribution in [3.8, 4) is 0 Å². The largest absolute Gasteiger partial charge is 0.481 e. The van der Waals surface area contributed by atoms with Crippen molar-refractivity contribution in [3.05, 3.63) is 23.2 Å². The molecule has 1 aliphatic heterocycles. The Kier molecular flexibility index (Phi) is 6.25. The van der Waals surface area contributed by atoms with E-state index in [9.17, 15) is 19.5 Å². The molecule has 0 aliphatic carbocycles. The highest BCUT2D eigenvalue weighted by atomic mass is 35.5. The minimum atomic E-state index is -0.897. The first-order chi connectivity index (χ1) is 11.8. The van der Waals surface area contributed by atoms with Gasteiger partial charge in [-0.05, 0) is 30.5 Å². The number of amides is 3. The molecule has 0 aromatic heterocycles. The Hall–Kier alpha value is -2.28. The minimum absolute atomic E-state index is 0.103. The maximum absolute atomic E-state index is 12.5. The van der Waals surface area contributed by atoms with Crippen LogP contribution in [0, 0.1) is 11.8 Å². The number of hydrogen-bond acceptors (Lipinski definition) is 3. The van der Waals surface area contributed by atoms with Gasteiger partial charge in [-0.2, -0.15) is 0 Å². The SMILES string of the molecule is CCC(=O)Nc1ccc(Cl)c(NC(=O)N2CC(C)CC(C(=O)O)C2)c1. The highest BCUT2D eigenvalue weighted by Crippen LogP contribution is 2.27. The standard InChI is InChI=1S/C17H22ClN3O4/c1-3-15(22)19-12-4-5-13(18)14(7-12)20-17(25)21-8-10(2)6-11(9-21)16(23)24/h4-5,7,10-11H,3,6,8-9H2,1-2H3,(H,19,22)(H,20,25)(H,23,24). The Balaban J connectivity index is 2.10. The average molecular weight is 368 g/mol. The number of piperidine rings is 1. The molecule has 25 heavy (non-hydrogen) atoms. The van der Waals surface area contributed by atoms with Gasteiger partial charge in [0.25, 0.3) is 0 Å². The van der Waals surface area contributed by atoms with Crippen LogP contribution in [0.5, 0.6) is 0 Å².